The summed E-state index contributed by atoms with van der Waals surface area (Å²) in [5, 5.41) is 13.9. The van der Waals surface area contributed by atoms with Crippen LogP contribution in [-0.2, 0) is 17.8 Å². The van der Waals surface area contributed by atoms with Gasteiger partial charge in [0, 0.05) is 44.9 Å². The van der Waals surface area contributed by atoms with Crippen molar-refractivity contribution in [2.24, 2.45) is 0 Å². The van der Waals surface area contributed by atoms with Crippen molar-refractivity contribution in [2.45, 2.75) is 51.9 Å². The molecule has 1 N–H and O–H groups in total. The zero-order valence-corrected chi connectivity index (χ0v) is 22.1. The molecule has 0 aliphatic carbocycles. The van der Waals surface area contributed by atoms with Gasteiger partial charge in [0.2, 0.25) is 0 Å². The molecule has 4 heterocycles. The number of aryl methyl sites for hydroxylation is 2. The molecule has 0 spiro atoms. The second-order valence-corrected chi connectivity index (χ2v) is 10.7. The molecule has 9 heteroatoms. The predicted molar refractivity (Wildman–Crippen MR) is 146 cm³/mol. The van der Waals surface area contributed by atoms with Gasteiger partial charge in [0.1, 0.15) is 6.04 Å². The summed E-state index contributed by atoms with van der Waals surface area (Å²) in [5.41, 5.74) is 5.03. The smallest absolute Gasteiger partial charge is 0.253 e. The Morgan fingerprint density at radius 1 is 1.08 bits per heavy atom. The Kier molecular flexibility index (Phi) is 7.06. The minimum atomic E-state index is -0.348. The van der Waals surface area contributed by atoms with Crippen LogP contribution in [0.5, 0.6) is 0 Å². The molecule has 2 aliphatic heterocycles. The van der Waals surface area contributed by atoms with Gasteiger partial charge in [-0.15, -0.1) is 5.10 Å². The first kappa shape index (κ1) is 24.9. The standard InChI is InChI=1S/C29H35N7O2/c1-20-15-21(2)26-23(16-20)17-25(29(37)30-26)27(28-31-32-33-36(28)19-24-9-6-14-38-24)35-12-10-34(11-13-35)18-22-7-4-3-5-8-22/h3-5,7-8,15-17,24,27H,6,9-14,18-19H2,1-2H3,(H,30,37)/t24-,27+/m1/s1. The molecular weight excluding hydrogens is 478 g/mol. The molecule has 0 bridgehead atoms. The number of fused-ring (bicyclic) bond motifs is 1. The fourth-order valence-electron chi connectivity index (χ4n) is 5.95. The summed E-state index contributed by atoms with van der Waals surface area (Å²) in [6, 6.07) is 16.5. The Hall–Kier alpha value is -3.40. The summed E-state index contributed by atoms with van der Waals surface area (Å²) in [7, 11) is 0. The van der Waals surface area contributed by atoms with Crippen LogP contribution in [0.3, 0.4) is 0 Å². The van der Waals surface area contributed by atoms with Crippen LogP contribution in [0.15, 0.2) is 53.3 Å². The first-order valence-electron chi connectivity index (χ1n) is 13.6. The van der Waals surface area contributed by atoms with Crippen molar-refractivity contribution in [3.63, 3.8) is 0 Å². The molecule has 2 aromatic heterocycles. The highest BCUT2D eigenvalue weighted by atomic mass is 16.5. The topological polar surface area (TPSA) is 92.2 Å². The van der Waals surface area contributed by atoms with E-state index in [-0.39, 0.29) is 17.7 Å². The highest BCUT2D eigenvalue weighted by molar-refractivity contribution is 5.83. The molecule has 2 fully saturated rings. The zero-order chi connectivity index (χ0) is 26.1. The lowest BCUT2D eigenvalue weighted by Crippen LogP contribution is -2.48. The number of pyridine rings is 1. The van der Waals surface area contributed by atoms with Gasteiger partial charge in [0.05, 0.1) is 18.2 Å². The number of aromatic amines is 1. The fourth-order valence-corrected chi connectivity index (χ4v) is 5.95. The number of piperazine rings is 1. The third kappa shape index (κ3) is 5.14. The third-order valence-electron chi connectivity index (χ3n) is 7.84. The summed E-state index contributed by atoms with van der Waals surface area (Å²) >= 11 is 0. The fraction of sp³-hybridized carbons (Fsp3) is 0.448. The van der Waals surface area contributed by atoms with E-state index in [0.29, 0.717) is 17.9 Å². The molecule has 0 radical (unpaired) electrons. The van der Waals surface area contributed by atoms with Crippen molar-refractivity contribution in [3.8, 4) is 0 Å². The van der Waals surface area contributed by atoms with Crippen molar-refractivity contribution in [2.75, 3.05) is 32.8 Å². The Bertz CT molecular complexity index is 1450. The molecule has 0 unspecified atom stereocenters. The van der Waals surface area contributed by atoms with E-state index in [1.165, 1.54) is 11.1 Å². The van der Waals surface area contributed by atoms with E-state index in [1.807, 2.05) is 17.7 Å². The minimum Gasteiger partial charge on any atom is -0.376 e. The summed E-state index contributed by atoms with van der Waals surface area (Å²) < 4.78 is 7.74. The predicted octanol–water partition coefficient (Wildman–Crippen LogP) is 3.22. The molecule has 4 aromatic rings. The number of H-pyrrole nitrogens is 1. The molecule has 0 saturated carbocycles. The van der Waals surface area contributed by atoms with Gasteiger partial charge in [-0.1, -0.05) is 42.0 Å². The average Bonchev–Trinajstić information content (AvgIpc) is 3.60. The Morgan fingerprint density at radius 3 is 2.66 bits per heavy atom. The van der Waals surface area contributed by atoms with Crippen LogP contribution in [-0.4, -0.2) is 73.9 Å². The second-order valence-electron chi connectivity index (χ2n) is 10.7. The lowest BCUT2D eigenvalue weighted by Gasteiger charge is -2.38. The number of nitrogens with one attached hydrogen (secondary N) is 1. The Labute approximate surface area is 222 Å². The number of ether oxygens (including phenoxy) is 1. The van der Waals surface area contributed by atoms with Crippen LogP contribution >= 0.6 is 0 Å². The molecule has 9 nitrogen and oxygen atoms in total. The Balaban J connectivity index is 1.34. The number of nitrogens with zero attached hydrogens (tertiary/aromatic N) is 6. The molecule has 2 aromatic carbocycles. The van der Waals surface area contributed by atoms with E-state index in [9.17, 15) is 4.79 Å². The van der Waals surface area contributed by atoms with E-state index in [1.54, 1.807) is 0 Å². The van der Waals surface area contributed by atoms with Crippen LogP contribution in [0.1, 0.15) is 47.0 Å². The number of hydrogen-bond acceptors (Lipinski definition) is 7. The average molecular weight is 514 g/mol. The van der Waals surface area contributed by atoms with Crippen LogP contribution in [0, 0.1) is 13.8 Å². The molecule has 2 atom stereocenters. The lowest BCUT2D eigenvalue weighted by atomic mass is 10.00. The number of rotatable bonds is 7. The minimum absolute atomic E-state index is 0.0900. The van der Waals surface area contributed by atoms with Crippen molar-refractivity contribution in [1.29, 1.82) is 0 Å². The summed E-state index contributed by atoms with van der Waals surface area (Å²) in [5.74, 6) is 0.700. The van der Waals surface area contributed by atoms with Gasteiger partial charge >= 0.3 is 0 Å². The second kappa shape index (κ2) is 10.8. The summed E-state index contributed by atoms with van der Waals surface area (Å²) in [6.07, 6.45) is 2.15. The largest absolute Gasteiger partial charge is 0.376 e. The van der Waals surface area contributed by atoms with Gasteiger partial charge in [0.15, 0.2) is 5.82 Å². The maximum atomic E-state index is 13.6. The monoisotopic (exact) mass is 513 g/mol. The van der Waals surface area contributed by atoms with Crippen LogP contribution in [0.4, 0.5) is 0 Å². The van der Waals surface area contributed by atoms with E-state index in [4.69, 9.17) is 4.74 Å². The number of tetrazole rings is 1. The van der Waals surface area contributed by atoms with Crippen molar-refractivity contribution < 1.29 is 4.74 Å². The number of aromatic nitrogens is 5. The first-order valence-corrected chi connectivity index (χ1v) is 13.6. The van der Waals surface area contributed by atoms with Crippen LogP contribution in [0.2, 0.25) is 0 Å². The summed E-state index contributed by atoms with van der Waals surface area (Å²) in [6.45, 7) is 9.85. The van der Waals surface area contributed by atoms with Gasteiger partial charge in [-0.3, -0.25) is 14.6 Å². The quantitative estimate of drug-likeness (QED) is 0.406. The molecular formula is C29H35N7O2. The SMILES string of the molecule is Cc1cc(C)c2[nH]c(=O)c([C@@H](c3nnnn3C[C@H]3CCCO3)N3CCN(Cc4ccccc4)CC3)cc2c1. The van der Waals surface area contributed by atoms with E-state index >= 15 is 0 Å². The molecule has 2 saturated heterocycles. The number of benzene rings is 2. The van der Waals surface area contributed by atoms with Crippen molar-refractivity contribution >= 4 is 10.9 Å². The first-order chi connectivity index (χ1) is 18.5. The maximum Gasteiger partial charge on any atom is 0.253 e. The van der Waals surface area contributed by atoms with Crippen LogP contribution < -0.4 is 5.56 Å². The molecule has 6 rings (SSSR count). The highest BCUT2D eigenvalue weighted by Gasteiger charge is 2.33. The van der Waals surface area contributed by atoms with Gasteiger partial charge in [-0.25, -0.2) is 4.68 Å². The van der Waals surface area contributed by atoms with Crippen molar-refractivity contribution in [3.05, 3.63) is 87.0 Å². The van der Waals surface area contributed by atoms with Gasteiger partial charge in [-0.05, 0) is 65.8 Å². The van der Waals surface area contributed by atoms with Crippen LogP contribution in [0.25, 0.3) is 10.9 Å². The molecule has 2 aliphatic rings. The zero-order valence-electron chi connectivity index (χ0n) is 22.1. The van der Waals surface area contributed by atoms with E-state index in [2.05, 4.69) is 79.7 Å². The molecule has 198 valence electrons. The summed E-state index contributed by atoms with van der Waals surface area (Å²) in [4.78, 5) is 21.6. The third-order valence-corrected chi connectivity index (χ3v) is 7.84. The Morgan fingerprint density at radius 2 is 1.89 bits per heavy atom. The van der Waals surface area contributed by atoms with E-state index in [0.717, 1.165) is 68.6 Å². The van der Waals surface area contributed by atoms with Gasteiger partial charge in [0.25, 0.3) is 5.56 Å². The normalized spacial score (nSPS) is 19.8. The van der Waals surface area contributed by atoms with Crippen molar-refractivity contribution in [1.82, 2.24) is 35.0 Å². The van der Waals surface area contributed by atoms with Gasteiger partial charge < -0.3 is 9.72 Å². The maximum absolute atomic E-state index is 13.6. The van der Waals surface area contributed by atoms with Gasteiger partial charge in [-0.2, -0.15) is 0 Å². The number of hydrogen-bond donors (Lipinski definition) is 1. The molecule has 0 amide bonds. The lowest BCUT2D eigenvalue weighted by molar-refractivity contribution is 0.0840. The highest BCUT2D eigenvalue weighted by Crippen LogP contribution is 2.29. The molecule has 38 heavy (non-hydrogen) atoms. The van der Waals surface area contributed by atoms with E-state index < -0.39 is 0 Å².